The van der Waals surface area contributed by atoms with E-state index in [1.165, 1.54) is 40.8 Å². The van der Waals surface area contributed by atoms with Crippen LogP contribution in [0.5, 0.6) is 11.6 Å². The number of aromatic nitrogens is 2. The second-order valence-corrected chi connectivity index (χ2v) is 17.3. The van der Waals surface area contributed by atoms with E-state index in [1.807, 2.05) is 6.92 Å². The van der Waals surface area contributed by atoms with E-state index in [0.29, 0.717) is 35.0 Å². The van der Waals surface area contributed by atoms with Crippen molar-refractivity contribution in [2.45, 2.75) is 42.9 Å². The number of aromatic hydroxyl groups is 1. The maximum absolute atomic E-state index is 12.4. The molecule has 23 heteroatoms. The van der Waals surface area contributed by atoms with E-state index in [0.717, 1.165) is 18.2 Å². The average molecular weight is 876 g/mol. The van der Waals surface area contributed by atoms with Crippen LogP contribution in [0.3, 0.4) is 0 Å². The Morgan fingerprint density at radius 3 is 2.12 bits per heavy atom. The number of para-hydroxylation sites is 2. The van der Waals surface area contributed by atoms with Crippen molar-refractivity contribution in [2.24, 2.45) is 30.7 Å². The SMILES string of the molecule is CCCc1c(N=Nc2cc(C)c(N=Nc3ccc(N=Nc4ccc(S(=O)(=O)O)cc4)cc3S(=O)(=O)O)cc2OCCCS(=O)(=O)O)c(O)n2c(nc3ccccc32)c1C#N. The number of rotatable bonds is 15. The van der Waals surface area contributed by atoms with Crippen LogP contribution in [0.2, 0.25) is 0 Å². The molecule has 0 saturated heterocycles. The zero-order valence-corrected chi connectivity index (χ0v) is 33.9. The van der Waals surface area contributed by atoms with Gasteiger partial charge < -0.3 is 9.84 Å². The minimum Gasteiger partial charge on any atom is -0.493 e. The number of imidazole rings is 1. The molecule has 20 nitrogen and oxygen atoms in total. The summed E-state index contributed by atoms with van der Waals surface area (Å²) in [7, 11) is -13.7. The monoisotopic (exact) mass is 875 g/mol. The molecular formula is C37H33N9O11S3. The van der Waals surface area contributed by atoms with Gasteiger partial charge >= 0.3 is 0 Å². The summed E-state index contributed by atoms with van der Waals surface area (Å²) in [4.78, 5) is 3.51. The molecule has 0 aliphatic carbocycles. The van der Waals surface area contributed by atoms with Crippen LogP contribution < -0.4 is 4.74 Å². The van der Waals surface area contributed by atoms with Crippen molar-refractivity contribution in [1.82, 2.24) is 9.38 Å². The van der Waals surface area contributed by atoms with Crippen LogP contribution in [0.1, 0.15) is 36.5 Å². The third-order valence-electron chi connectivity index (χ3n) is 8.65. The van der Waals surface area contributed by atoms with Gasteiger partial charge in [0.05, 0.1) is 45.4 Å². The minimum atomic E-state index is -4.91. The molecule has 2 heterocycles. The number of ether oxygens (including phenoxy) is 1. The summed E-state index contributed by atoms with van der Waals surface area (Å²) in [5.41, 5.74) is 2.32. The Labute approximate surface area is 342 Å². The first kappa shape index (κ1) is 43.0. The Balaban J connectivity index is 1.38. The molecule has 0 aliphatic rings. The molecule has 6 aromatic rings. The van der Waals surface area contributed by atoms with Gasteiger partial charge in [0.2, 0.25) is 5.88 Å². The van der Waals surface area contributed by atoms with Crippen molar-refractivity contribution in [2.75, 3.05) is 12.4 Å². The van der Waals surface area contributed by atoms with E-state index in [4.69, 9.17) is 9.29 Å². The Bertz CT molecular complexity index is 3130. The summed E-state index contributed by atoms with van der Waals surface area (Å²) in [6.07, 6.45) is 0.788. The lowest BCUT2D eigenvalue weighted by Crippen LogP contribution is -2.08. The number of aryl methyl sites for hydroxylation is 1. The number of pyridine rings is 1. The average Bonchev–Trinajstić information content (AvgIpc) is 3.58. The van der Waals surface area contributed by atoms with Crippen LogP contribution in [0.4, 0.5) is 34.1 Å². The summed E-state index contributed by atoms with van der Waals surface area (Å²) in [5, 5.41) is 46.6. The Morgan fingerprint density at radius 1 is 0.783 bits per heavy atom. The number of benzene rings is 4. The van der Waals surface area contributed by atoms with Gasteiger partial charge in [-0.25, -0.2) is 4.98 Å². The zero-order chi connectivity index (χ0) is 43.4. The van der Waals surface area contributed by atoms with Crippen molar-refractivity contribution in [3.63, 3.8) is 0 Å². The summed E-state index contributed by atoms with van der Waals surface area (Å²) in [5.74, 6) is -0.935. The highest BCUT2D eigenvalue weighted by Gasteiger charge is 2.23. The van der Waals surface area contributed by atoms with Gasteiger partial charge in [-0.05, 0) is 86.0 Å². The fourth-order valence-electron chi connectivity index (χ4n) is 5.87. The molecule has 0 radical (unpaired) electrons. The molecule has 4 aromatic carbocycles. The van der Waals surface area contributed by atoms with Crippen LogP contribution in [0, 0.1) is 18.3 Å². The van der Waals surface area contributed by atoms with Crippen molar-refractivity contribution in [3.8, 4) is 17.7 Å². The lowest BCUT2D eigenvalue weighted by atomic mass is 10.0. The molecule has 0 aliphatic heterocycles. The predicted octanol–water partition coefficient (Wildman–Crippen LogP) is 8.72. The van der Waals surface area contributed by atoms with Crippen LogP contribution in [0.25, 0.3) is 16.7 Å². The van der Waals surface area contributed by atoms with Gasteiger partial charge in [-0.15, -0.1) is 15.3 Å². The van der Waals surface area contributed by atoms with Gasteiger partial charge in [0.1, 0.15) is 33.7 Å². The molecule has 2 aromatic heterocycles. The Morgan fingerprint density at radius 2 is 1.45 bits per heavy atom. The lowest BCUT2D eigenvalue weighted by Gasteiger charge is -2.13. The van der Waals surface area contributed by atoms with E-state index in [1.54, 1.807) is 31.2 Å². The van der Waals surface area contributed by atoms with E-state index in [2.05, 4.69) is 41.7 Å². The van der Waals surface area contributed by atoms with Crippen LogP contribution in [-0.2, 0) is 36.8 Å². The molecule has 0 spiro atoms. The standard InChI is InChI=1S/C37H33N9O11S3/c1-3-7-26-27(21-38)36-39-28-8-4-5-9-32(28)46(36)37(47)35(26)45-44-31-18-22(2)30(20-33(31)57-16-6-17-58(48,49)50)43-42-29-15-12-24(19-34(29)60(54,55)56)41-40-23-10-13-25(14-11-23)59(51,52)53/h4-5,8-15,18-20,47H,3,6-7,16-17H2,1-2H3,(H,48,49,50)(H,51,52,53)(H,54,55,56). The summed E-state index contributed by atoms with van der Waals surface area (Å²) < 4.78 is 106. The number of fused-ring (bicyclic) bond motifs is 3. The normalized spacial score (nSPS) is 12.7. The molecule has 0 unspecified atom stereocenters. The third kappa shape index (κ3) is 9.82. The van der Waals surface area contributed by atoms with Crippen molar-refractivity contribution in [3.05, 3.63) is 95.6 Å². The van der Waals surface area contributed by atoms with Crippen molar-refractivity contribution >= 4 is 81.2 Å². The first-order chi connectivity index (χ1) is 28.4. The Hall–Kier alpha value is -6.55. The van der Waals surface area contributed by atoms with Crippen LogP contribution >= 0.6 is 0 Å². The highest BCUT2D eigenvalue weighted by molar-refractivity contribution is 7.86. The van der Waals surface area contributed by atoms with Gasteiger partial charge in [0.25, 0.3) is 30.4 Å². The van der Waals surface area contributed by atoms with E-state index < -0.39 is 41.0 Å². The predicted molar refractivity (Wildman–Crippen MR) is 216 cm³/mol. The number of nitrogens with zero attached hydrogens (tertiary/aromatic N) is 9. The summed E-state index contributed by atoms with van der Waals surface area (Å²) in [6.45, 7) is 3.27. The van der Waals surface area contributed by atoms with Crippen molar-refractivity contribution in [1.29, 1.82) is 5.26 Å². The Kier molecular flexibility index (Phi) is 12.4. The quantitative estimate of drug-likeness (QED) is 0.0426. The number of hydrogen-bond acceptors (Lipinski definition) is 16. The van der Waals surface area contributed by atoms with Gasteiger partial charge in [0.15, 0.2) is 11.3 Å². The molecule has 0 amide bonds. The topological polar surface area (TPSA) is 308 Å². The number of azo groups is 3. The fourth-order valence-corrected chi connectivity index (χ4v) is 7.48. The summed E-state index contributed by atoms with van der Waals surface area (Å²) in [6, 6.07) is 20.2. The molecular weight excluding hydrogens is 843 g/mol. The highest BCUT2D eigenvalue weighted by Crippen LogP contribution is 2.42. The number of hydrogen-bond donors (Lipinski definition) is 4. The second kappa shape index (κ2) is 17.4. The highest BCUT2D eigenvalue weighted by atomic mass is 32.2. The van der Waals surface area contributed by atoms with Gasteiger partial charge in [-0.3, -0.25) is 18.1 Å². The largest absolute Gasteiger partial charge is 0.493 e. The lowest BCUT2D eigenvalue weighted by molar-refractivity contribution is 0.317. The minimum absolute atomic E-state index is 0.00132. The molecule has 0 fully saturated rings. The van der Waals surface area contributed by atoms with E-state index in [9.17, 15) is 44.7 Å². The van der Waals surface area contributed by atoms with Crippen LogP contribution in [-0.4, -0.2) is 65.8 Å². The smallest absolute Gasteiger partial charge is 0.296 e. The molecule has 0 saturated carbocycles. The fraction of sp³-hybridized carbons (Fsp3) is 0.189. The van der Waals surface area contributed by atoms with E-state index >= 15 is 0 Å². The molecule has 60 heavy (non-hydrogen) atoms. The van der Waals surface area contributed by atoms with Crippen molar-refractivity contribution < 1.29 is 48.8 Å². The zero-order valence-electron chi connectivity index (χ0n) is 31.4. The molecule has 0 bridgehead atoms. The molecule has 0 atom stereocenters. The first-order valence-electron chi connectivity index (χ1n) is 17.6. The maximum atomic E-state index is 12.4. The molecule has 6 rings (SSSR count). The second-order valence-electron chi connectivity index (χ2n) is 12.9. The van der Waals surface area contributed by atoms with Crippen LogP contribution in [0.15, 0.2) is 119 Å². The number of nitriles is 1. The van der Waals surface area contributed by atoms with E-state index in [-0.39, 0.29) is 74.9 Å². The molecule has 310 valence electrons. The first-order valence-corrected chi connectivity index (χ1v) is 22.1. The molecule has 4 N–H and O–H groups in total. The summed E-state index contributed by atoms with van der Waals surface area (Å²) >= 11 is 0. The van der Waals surface area contributed by atoms with Gasteiger partial charge in [-0.2, -0.15) is 45.9 Å². The van der Waals surface area contributed by atoms with Gasteiger partial charge in [-0.1, -0.05) is 25.5 Å². The maximum Gasteiger partial charge on any atom is 0.296 e. The van der Waals surface area contributed by atoms with Gasteiger partial charge in [0, 0.05) is 11.6 Å². The third-order valence-corrected chi connectivity index (χ3v) is 11.2.